The van der Waals surface area contributed by atoms with Crippen LogP contribution in [0.5, 0.6) is 5.75 Å². The maximum atomic E-state index is 13.4. The van der Waals surface area contributed by atoms with Crippen LogP contribution >= 0.6 is 0 Å². The first-order valence-electron chi connectivity index (χ1n) is 10.2. The van der Waals surface area contributed by atoms with Gasteiger partial charge in [-0.25, -0.2) is 4.39 Å². The molecule has 1 amide bonds. The summed E-state index contributed by atoms with van der Waals surface area (Å²) in [6.45, 7) is 1.33. The Labute approximate surface area is 186 Å². The number of rotatable bonds is 7. The number of nitriles is 1. The van der Waals surface area contributed by atoms with Crippen LogP contribution in [0.1, 0.15) is 44.6 Å². The van der Waals surface area contributed by atoms with Crippen molar-refractivity contribution in [2.45, 2.75) is 50.4 Å². The summed E-state index contributed by atoms with van der Waals surface area (Å²) in [7, 11) is -4.34. The van der Waals surface area contributed by atoms with Crippen molar-refractivity contribution in [2.75, 3.05) is 0 Å². The van der Waals surface area contributed by atoms with Crippen molar-refractivity contribution in [1.29, 1.82) is 5.26 Å². The van der Waals surface area contributed by atoms with Crippen LogP contribution in [0.15, 0.2) is 36.5 Å². The molecule has 1 fully saturated rings. The second-order valence-corrected chi connectivity index (χ2v) is 9.92. The fourth-order valence-electron chi connectivity index (χ4n) is 4.22. The minimum absolute atomic E-state index is 0.144. The van der Waals surface area contributed by atoms with Gasteiger partial charge >= 0.3 is 0 Å². The summed E-state index contributed by atoms with van der Waals surface area (Å²) >= 11 is 0. The molecule has 3 N–H and O–H groups in total. The number of carbonyl (C=O) groups excluding carboxylic acids is 1. The largest absolute Gasteiger partial charge is 0.488 e. The molecule has 1 heterocycles. The van der Waals surface area contributed by atoms with Crippen molar-refractivity contribution < 1.29 is 26.9 Å². The fraction of sp³-hybridized carbons (Fsp3) is 0.409. The number of aromatic nitrogens is 1. The van der Waals surface area contributed by atoms with Gasteiger partial charge in [0.25, 0.3) is 10.1 Å². The molecule has 0 radical (unpaired) electrons. The first-order chi connectivity index (χ1) is 15.1. The van der Waals surface area contributed by atoms with Gasteiger partial charge in [-0.05, 0) is 62.9 Å². The van der Waals surface area contributed by atoms with Gasteiger partial charge in [0.2, 0.25) is 5.91 Å². The van der Waals surface area contributed by atoms with E-state index in [1.54, 1.807) is 12.1 Å². The van der Waals surface area contributed by atoms with Gasteiger partial charge in [0, 0.05) is 5.56 Å². The molecule has 3 rings (SSSR count). The van der Waals surface area contributed by atoms with Crippen LogP contribution < -0.4 is 10.5 Å². The summed E-state index contributed by atoms with van der Waals surface area (Å²) in [6.07, 6.45) is 2.86. The third-order valence-electron chi connectivity index (χ3n) is 6.00. The first-order valence-corrected chi connectivity index (χ1v) is 11.7. The lowest BCUT2D eigenvalue weighted by Gasteiger charge is -2.42. The minimum Gasteiger partial charge on any atom is -0.488 e. The lowest BCUT2D eigenvalue weighted by atomic mass is 9.68. The summed E-state index contributed by atoms with van der Waals surface area (Å²) in [5.74, 6) is -0.858. The van der Waals surface area contributed by atoms with Crippen molar-refractivity contribution in [3.63, 3.8) is 0 Å². The molecule has 0 bridgehead atoms. The van der Waals surface area contributed by atoms with E-state index in [-0.39, 0.29) is 12.0 Å². The number of ether oxygens (including phenoxy) is 1. The SMILES string of the molecule is CC(C[C@@]1(C(N)=O)CCCC[C@H]1Oc1ccc(-c2ccc(F)cc2C#N)nc1)S(=O)(=O)O. The van der Waals surface area contributed by atoms with Gasteiger partial charge in [0.1, 0.15) is 17.7 Å². The molecular weight excluding hydrogens is 437 g/mol. The second kappa shape index (κ2) is 9.22. The molecule has 0 spiro atoms. The van der Waals surface area contributed by atoms with Crippen LogP contribution in [0.2, 0.25) is 0 Å². The van der Waals surface area contributed by atoms with Crippen molar-refractivity contribution in [1.82, 2.24) is 4.98 Å². The van der Waals surface area contributed by atoms with Crippen LogP contribution in [-0.4, -0.2) is 35.2 Å². The molecule has 3 atom stereocenters. The van der Waals surface area contributed by atoms with Crippen molar-refractivity contribution in [2.24, 2.45) is 11.1 Å². The van der Waals surface area contributed by atoms with Gasteiger partial charge < -0.3 is 10.5 Å². The molecule has 0 saturated heterocycles. The van der Waals surface area contributed by atoms with Crippen LogP contribution in [0.3, 0.4) is 0 Å². The maximum Gasteiger partial charge on any atom is 0.267 e. The zero-order chi connectivity index (χ0) is 23.5. The summed E-state index contributed by atoms with van der Waals surface area (Å²) in [4.78, 5) is 16.8. The second-order valence-electron chi connectivity index (χ2n) is 8.08. The quantitative estimate of drug-likeness (QED) is 0.603. The van der Waals surface area contributed by atoms with Crippen molar-refractivity contribution >= 4 is 16.0 Å². The number of halogens is 1. The highest BCUT2D eigenvalue weighted by atomic mass is 32.2. The van der Waals surface area contributed by atoms with Gasteiger partial charge in [-0.15, -0.1) is 0 Å². The van der Waals surface area contributed by atoms with Crippen LogP contribution in [0.25, 0.3) is 11.3 Å². The molecule has 2 aromatic rings. The monoisotopic (exact) mass is 461 g/mol. The number of benzene rings is 1. The molecule has 8 nitrogen and oxygen atoms in total. The highest BCUT2D eigenvalue weighted by Crippen LogP contribution is 2.43. The number of amides is 1. The van der Waals surface area contributed by atoms with Gasteiger partial charge in [0.05, 0.1) is 34.2 Å². The lowest BCUT2D eigenvalue weighted by Crippen LogP contribution is -2.53. The Bertz CT molecular complexity index is 1150. The number of pyridine rings is 1. The van der Waals surface area contributed by atoms with E-state index >= 15 is 0 Å². The zero-order valence-corrected chi connectivity index (χ0v) is 18.3. The minimum atomic E-state index is -4.34. The molecule has 1 aromatic heterocycles. The average Bonchev–Trinajstić information content (AvgIpc) is 2.74. The number of nitrogens with zero attached hydrogens (tertiary/aromatic N) is 2. The number of hydrogen-bond donors (Lipinski definition) is 2. The van der Waals surface area contributed by atoms with E-state index in [2.05, 4.69) is 4.98 Å². The third-order valence-corrected chi connectivity index (χ3v) is 7.18. The number of carbonyl (C=O) groups is 1. The van der Waals surface area contributed by atoms with Gasteiger partial charge in [-0.2, -0.15) is 13.7 Å². The number of primary amides is 1. The Kier molecular flexibility index (Phi) is 6.81. The molecular formula is C22H24FN3O5S. The van der Waals surface area contributed by atoms with Crippen LogP contribution in [0.4, 0.5) is 4.39 Å². The Morgan fingerprint density at radius 1 is 1.41 bits per heavy atom. The number of nitrogens with two attached hydrogens (primary N) is 1. The van der Waals surface area contributed by atoms with E-state index in [4.69, 9.17) is 10.5 Å². The van der Waals surface area contributed by atoms with Crippen molar-refractivity contribution in [3.8, 4) is 23.1 Å². The summed E-state index contributed by atoms with van der Waals surface area (Å²) in [6, 6.07) is 8.99. The molecule has 1 aliphatic carbocycles. The Hall–Kier alpha value is -3.03. The molecule has 1 aliphatic rings. The van der Waals surface area contributed by atoms with E-state index in [1.165, 1.54) is 25.3 Å². The molecule has 1 unspecified atom stereocenters. The predicted octanol–water partition coefficient (Wildman–Crippen LogP) is 3.22. The first kappa shape index (κ1) is 23.6. The fourth-order valence-corrected chi connectivity index (χ4v) is 4.73. The van der Waals surface area contributed by atoms with Crippen LogP contribution in [-0.2, 0) is 14.9 Å². The van der Waals surface area contributed by atoms with E-state index in [1.807, 2.05) is 6.07 Å². The Morgan fingerprint density at radius 2 is 2.16 bits per heavy atom. The standard InChI is InChI=1S/C22H24FN3O5S/c1-14(32(28,29)30)11-22(21(25)27)9-3-2-4-20(22)31-17-6-8-19(26-13-17)18-7-5-16(23)10-15(18)12-24/h5-8,10,13-14,20H,2-4,9,11H2,1H3,(H2,25,27)(H,28,29,30)/t14?,20-,22+/m1/s1. The Balaban J connectivity index is 1.87. The zero-order valence-electron chi connectivity index (χ0n) is 17.5. The van der Waals surface area contributed by atoms with Gasteiger partial charge in [-0.1, -0.05) is 6.42 Å². The molecule has 1 aromatic carbocycles. The van der Waals surface area contributed by atoms with Gasteiger partial charge in [-0.3, -0.25) is 14.3 Å². The summed E-state index contributed by atoms with van der Waals surface area (Å²) in [5.41, 5.74) is 5.51. The third kappa shape index (κ3) is 4.89. The normalized spacial score (nSPS) is 22.0. The topological polar surface area (TPSA) is 143 Å². The average molecular weight is 462 g/mol. The van der Waals surface area contributed by atoms with Crippen molar-refractivity contribution in [3.05, 3.63) is 47.9 Å². The number of hydrogen-bond acceptors (Lipinski definition) is 6. The molecule has 0 aliphatic heterocycles. The predicted molar refractivity (Wildman–Crippen MR) is 114 cm³/mol. The molecule has 1 saturated carbocycles. The van der Waals surface area contributed by atoms with E-state index < -0.39 is 38.6 Å². The highest BCUT2D eigenvalue weighted by molar-refractivity contribution is 7.86. The highest BCUT2D eigenvalue weighted by Gasteiger charge is 2.49. The summed E-state index contributed by atoms with van der Waals surface area (Å²) in [5, 5.41) is 8.06. The summed E-state index contributed by atoms with van der Waals surface area (Å²) < 4.78 is 52.0. The molecule has 170 valence electrons. The lowest BCUT2D eigenvalue weighted by molar-refractivity contribution is -0.137. The van der Waals surface area contributed by atoms with E-state index in [0.717, 1.165) is 12.5 Å². The van der Waals surface area contributed by atoms with Gasteiger partial charge in [0.15, 0.2) is 0 Å². The van der Waals surface area contributed by atoms with Crippen LogP contribution in [0, 0.1) is 22.6 Å². The maximum absolute atomic E-state index is 13.4. The Morgan fingerprint density at radius 3 is 2.75 bits per heavy atom. The van der Waals surface area contributed by atoms with E-state index in [9.17, 15) is 27.4 Å². The smallest absolute Gasteiger partial charge is 0.267 e. The molecule has 10 heteroatoms. The van der Waals surface area contributed by atoms with E-state index in [0.29, 0.717) is 36.3 Å². The molecule has 32 heavy (non-hydrogen) atoms.